The van der Waals surface area contributed by atoms with Crippen LogP contribution in [0, 0.1) is 6.92 Å². The second-order valence-corrected chi connectivity index (χ2v) is 4.76. The van der Waals surface area contributed by atoms with E-state index in [1.54, 1.807) is 0 Å². The van der Waals surface area contributed by atoms with Crippen LogP contribution in [0.3, 0.4) is 0 Å². The summed E-state index contributed by atoms with van der Waals surface area (Å²) in [7, 11) is 0. The van der Waals surface area contributed by atoms with Crippen LogP contribution >= 0.6 is 0 Å². The third-order valence-corrected chi connectivity index (χ3v) is 3.10. The average molecular weight is 248 g/mol. The molecule has 0 radical (unpaired) electrons. The Labute approximate surface area is 110 Å². The molecule has 0 aliphatic rings. The van der Waals surface area contributed by atoms with Crippen molar-refractivity contribution in [2.24, 2.45) is 0 Å². The highest BCUT2D eigenvalue weighted by Gasteiger charge is 2.16. The van der Waals surface area contributed by atoms with Crippen molar-refractivity contribution in [3.05, 3.63) is 35.4 Å². The van der Waals surface area contributed by atoms with E-state index in [-0.39, 0.29) is 18.0 Å². The molecule has 1 aromatic rings. The molecule has 1 rings (SSSR count). The van der Waals surface area contributed by atoms with Gasteiger partial charge in [-0.25, -0.2) is 0 Å². The van der Waals surface area contributed by atoms with E-state index < -0.39 is 0 Å². The lowest BCUT2D eigenvalue weighted by molar-refractivity contribution is -0.122. The van der Waals surface area contributed by atoms with Gasteiger partial charge in [0.1, 0.15) is 0 Å². The molecule has 0 saturated heterocycles. The fourth-order valence-corrected chi connectivity index (χ4v) is 2.01. The smallest absolute Gasteiger partial charge is 0.236 e. The van der Waals surface area contributed by atoms with E-state index in [2.05, 4.69) is 36.6 Å². The van der Waals surface area contributed by atoms with Crippen molar-refractivity contribution in [2.45, 2.75) is 46.2 Å². The highest BCUT2D eigenvalue weighted by atomic mass is 16.2. The number of rotatable bonds is 6. The van der Waals surface area contributed by atoms with Crippen LogP contribution in [0.25, 0.3) is 0 Å². The number of carbonyl (C=O) groups excluding carboxylic acids is 1. The van der Waals surface area contributed by atoms with Crippen molar-refractivity contribution < 1.29 is 4.79 Å². The molecule has 3 heteroatoms. The van der Waals surface area contributed by atoms with Gasteiger partial charge in [-0.3, -0.25) is 10.1 Å². The summed E-state index contributed by atoms with van der Waals surface area (Å²) in [5.74, 6) is 0.0669. The predicted octanol–water partition coefficient (Wildman–Crippen LogP) is 2.56. The molecule has 2 atom stereocenters. The minimum absolute atomic E-state index is 0.0669. The Morgan fingerprint density at radius 2 is 1.94 bits per heavy atom. The number of nitrogens with one attached hydrogen (secondary N) is 2. The van der Waals surface area contributed by atoms with Crippen molar-refractivity contribution in [2.75, 3.05) is 6.54 Å². The molecule has 0 heterocycles. The van der Waals surface area contributed by atoms with Gasteiger partial charge >= 0.3 is 0 Å². The molecule has 100 valence electrons. The quantitative estimate of drug-likeness (QED) is 0.812. The lowest BCUT2D eigenvalue weighted by atomic mass is 10.0. The van der Waals surface area contributed by atoms with E-state index in [1.807, 2.05) is 26.0 Å². The van der Waals surface area contributed by atoms with Gasteiger partial charge < -0.3 is 5.32 Å². The highest BCUT2D eigenvalue weighted by molar-refractivity contribution is 5.81. The zero-order valence-corrected chi connectivity index (χ0v) is 11.8. The van der Waals surface area contributed by atoms with Crippen LogP contribution in [0.15, 0.2) is 24.3 Å². The summed E-state index contributed by atoms with van der Waals surface area (Å²) in [6.45, 7) is 8.87. The van der Waals surface area contributed by atoms with Crippen LogP contribution in [0.5, 0.6) is 0 Å². The third kappa shape index (κ3) is 4.15. The Bertz CT molecular complexity index is 390. The molecule has 0 bridgehead atoms. The summed E-state index contributed by atoms with van der Waals surface area (Å²) in [4.78, 5) is 11.8. The monoisotopic (exact) mass is 248 g/mol. The van der Waals surface area contributed by atoms with Gasteiger partial charge in [0, 0.05) is 12.6 Å². The molecule has 0 saturated carbocycles. The molecule has 18 heavy (non-hydrogen) atoms. The lowest BCUT2D eigenvalue weighted by Gasteiger charge is -2.21. The second-order valence-electron chi connectivity index (χ2n) is 4.76. The molecular weight excluding hydrogens is 224 g/mol. The molecule has 0 aromatic heterocycles. The van der Waals surface area contributed by atoms with Gasteiger partial charge in [-0.15, -0.1) is 0 Å². The normalized spacial score (nSPS) is 14.0. The fourth-order valence-electron chi connectivity index (χ4n) is 2.01. The molecule has 0 aliphatic carbocycles. The topological polar surface area (TPSA) is 41.1 Å². The molecule has 3 nitrogen and oxygen atoms in total. The number of amides is 1. The maximum absolute atomic E-state index is 11.8. The first-order valence-corrected chi connectivity index (χ1v) is 6.65. The van der Waals surface area contributed by atoms with Gasteiger partial charge in [0.15, 0.2) is 0 Å². The molecule has 1 unspecified atom stereocenters. The molecule has 1 aromatic carbocycles. The SMILES string of the molecule is CCCNC(=O)C(C)N[C@H](C)c1ccccc1C. The number of hydrogen-bond acceptors (Lipinski definition) is 2. The van der Waals surface area contributed by atoms with E-state index >= 15 is 0 Å². The first-order valence-electron chi connectivity index (χ1n) is 6.65. The minimum atomic E-state index is -0.175. The molecule has 2 N–H and O–H groups in total. The number of hydrogen-bond donors (Lipinski definition) is 2. The molecule has 1 amide bonds. The number of carbonyl (C=O) groups is 1. The summed E-state index contributed by atoms with van der Waals surface area (Å²) in [6, 6.07) is 8.25. The zero-order chi connectivity index (χ0) is 13.5. The maximum atomic E-state index is 11.8. The van der Waals surface area contributed by atoms with Crippen molar-refractivity contribution in [3.8, 4) is 0 Å². The summed E-state index contributed by atoms with van der Waals surface area (Å²) < 4.78 is 0. The van der Waals surface area contributed by atoms with Gasteiger partial charge in [-0.05, 0) is 38.3 Å². The Morgan fingerprint density at radius 3 is 2.56 bits per heavy atom. The molecule has 0 fully saturated rings. The van der Waals surface area contributed by atoms with Crippen molar-refractivity contribution in [1.82, 2.24) is 10.6 Å². The van der Waals surface area contributed by atoms with Gasteiger partial charge in [0.25, 0.3) is 0 Å². The fraction of sp³-hybridized carbons (Fsp3) is 0.533. The van der Waals surface area contributed by atoms with E-state index in [0.29, 0.717) is 0 Å². The van der Waals surface area contributed by atoms with Gasteiger partial charge in [-0.2, -0.15) is 0 Å². The van der Waals surface area contributed by atoms with Crippen LogP contribution < -0.4 is 10.6 Å². The van der Waals surface area contributed by atoms with E-state index in [4.69, 9.17) is 0 Å². The molecular formula is C15H24N2O. The van der Waals surface area contributed by atoms with Crippen LogP contribution in [0.2, 0.25) is 0 Å². The van der Waals surface area contributed by atoms with Crippen molar-refractivity contribution >= 4 is 5.91 Å². The summed E-state index contributed by atoms with van der Waals surface area (Å²) in [6.07, 6.45) is 0.964. The van der Waals surface area contributed by atoms with Crippen LogP contribution in [-0.2, 0) is 4.79 Å². The standard InChI is InChI=1S/C15H24N2O/c1-5-10-16-15(18)13(4)17-12(3)14-9-7-6-8-11(14)2/h6-9,12-13,17H,5,10H2,1-4H3,(H,16,18)/t12-,13?/m1/s1. The van der Waals surface area contributed by atoms with Gasteiger partial charge in [-0.1, -0.05) is 31.2 Å². The number of aryl methyl sites for hydroxylation is 1. The summed E-state index contributed by atoms with van der Waals surface area (Å²) in [5.41, 5.74) is 2.49. The van der Waals surface area contributed by atoms with Crippen LogP contribution in [0.1, 0.15) is 44.4 Å². The zero-order valence-electron chi connectivity index (χ0n) is 11.8. The Kier molecular flexibility index (Phi) is 5.86. The molecule has 0 spiro atoms. The van der Waals surface area contributed by atoms with Gasteiger partial charge in [0.2, 0.25) is 5.91 Å². The lowest BCUT2D eigenvalue weighted by Crippen LogP contribution is -2.43. The van der Waals surface area contributed by atoms with Crippen molar-refractivity contribution in [1.29, 1.82) is 0 Å². The summed E-state index contributed by atoms with van der Waals surface area (Å²) in [5, 5.41) is 6.24. The Morgan fingerprint density at radius 1 is 1.28 bits per heavy atom. The first kappa shape index (κ1) is 14.7. The van der Waals surface area contributed by atoms with Crippen LogP contribution in [0.4, 0.5) is 0 Å². The maximum Gasteiger partial charge on any atom is 0.236 e. The first-order chi connectivity index (χ1) is 8.56. The second kappa shape index (κ2) is 7.17. The van der Waals surface area contributed by atoms with Gasteiger partial charge in [0.05, 0.1) is 6.04 Å². The van der Waals surface area contributed by atoms with E-state index in [0.717, 1.165) is 13.0 Å². The third-order valence-electron chi connectivity index (χ3n) is 3.10. The minimum Gasteiger partial charge on any atom is -0.355 e. The van der Waals surface area contributed by atoms with Crippen molar-refractivity contribution in [3.63, 3.8) is 0 Å². The Hall–Kier alpha value is -1.35. The predicted molar refractivity (Wildman–Crippen MR) is 75.5 cm³/mol. The average Bonchev–Trinajstić information content (AvgIpc) is 2.36. The van der Waals surface area contributed by atoms with E-state index in [9.17, 15) is 4.79 Å². The number of benzene rings is 1. The van der Waals surface area contributed by atoms with Crippen LogP contribution in [-0.4, -0.2) is 18.5 Å². The molecule has 0 aliphatic heterocycles. The Balaban J connectivity index is 2.57. The summed E-state index contributed by atoms with van der Waals surface area (Å²) >= 11 is 0. The van der Waals surface area contributed by atoms with E-state index in [1.165, 1.54) is 11.1 Å². The highest BCUT2D eigenvalue weighted by Crippen LogP contribution is 2.17. The largest absolute Gasteiger partial charge is 0.355 e.